The maximum Gasteiger partial charge on any atom is 0.223 e. The fourth-order valence-electron chi connectivity index (χ4n) is 2.24. The Morgan fingerprint density at radius 1 is 1.42 bits per heavy atom. The molecular formula is C12H25N3O3S. The van der Waals surface area contributed by atoms with Gasteiger partial charge in [-0.05, 0) is 40.2 Å². The van der Waals surface area contributed by atoms with Crippen molar-refractivity contribution in [3.8, 4) is 0 Å². The maximum absolute atomic E-state index is 11.9. The van der Waals surface area contributed by atoms with Crippen LogP contribution in [0.5, 0.6) is 0 Å². The second kappa shape index (κ2) is 7.21. The third kappa shape index (κ3) is 6.35. The van der Waals surface area contributed by atoms with Crippen molar-refractivity contribution in [1.29, 1.82) is 0 Å². The molecule has 0 aromatic rings. The van der Waals surface area contributed by atoms with Crippen LogP contribution in [0.3, 0.4) is 0 Å². The quantitative estimate of drug-likeness (QED) is 0.633. The van der Waals surface area contributed by atoms with E-state index in [1.807, 2.05) is 0 Å². The summed E-state index contributed by atoms with van der Waals surface area (Å²) in [6, 6.07) is 0.224. The van der Waals surface area contributed by atoms with E-state index in [2.05, 4.69) is 22.3 Å². The Bertz CT molecular complexity index is 395. The van der Waals surface area contributed by atoms with Crippen LogP contribution in [0.15, 0.2) is 0 Å². The fourth-order valence-corrected chi connectivity index (χ4v) is 3.45. The van der Waals surface area contributed by atoms with Crippen molar-refractivity contribution in [2.45, 2.75) is 45.7 Å². The molecule has 1 heterocycles. The molecule has 0 aromatic carbocycles. The summed E-state index contributed by atoms with van der Waals surface area (Å²) in [5.41, 5.74) is 0. The van der Waals surface area contributed by atoms with Gasteiger partial charge in [0.25, 0.3) is 0 Å². The summed E-state index contributed by atoms with van der Waals surface area (Å²) in [6.45, 7) is 6.60. The molecule has 2 atom stereocenters. The summed E-state index contributed by atoms with van der Waals surface area (Å²) in [5.74, 6) is -0.109. The minimum absolute atomic E-state index is 0.00277. The van der Waals surface area contributed by atoms with Crippen molar-refractivity contribution in [1.82, 2.24) is 15.4 Å². The molecule has 0 aromatic heterocycles. The largest absolute Gasteiger partial charge is 0.355 e. The fraction of sp³-hybridized carbons (Fsp3) is 0.917. The molecule has 1 saturated heterocycles. The minimum atomic E-state index is -3.30. The van der Waals surface area contributed by atoms with Crippen molar-refractivity contribution in [3.05, 3.63) is 0 Å². The normalized spacial score (nSPS) is 24.4. The van der Waals surface area contributed by atoms with Crippen LogP contribution in [0.1, 0.15) is 33.6 Å². The van der Waals surface area contributed by atoms with E-state index in [4.69, 9.17) is 0 Å². The topological polar surface area (TPSA) is 87.3 Å². The number of amides is 1. The van der Waals surface area contributed by atoms with Crippen molar-refractivity contribution in [2.75, 3.05) is 18.8 Å². The van der Waals surface area contributed by atoms with Crippen LogP contribution in [-0.2, 0) is 14.8 Å². The van der Waals surface area contributed by atoms with Gasteiger partial charge in [0.1, 0.15) is 0 Å². The van der Waals surface area contributed by atoms with Gasteiger partial charge in [-0.15, -0.1) is 0 Å². The molecule has 1 fully saturated rings. The first-order chi connectivity index (χ1) is 8.80. The van der Waals surface area contributed by atoms with E-state index in [1.54, 1.807) is 13.8 Å². The predicted molar refractivity (Wildman–Crippen MR) is 75.3 cm³/mol. The van der Waals surface area contributed by atoms with Crippen LogP contribution in [0, 0.1) is 5.92 Å². The summed E-state index contributed by atoms with van der Waals surface area (Å²) >= 11 is 0. The number of hydrogen-bond donors (Lipinski definition) is 3. The first kappa shape index (κ1) is 16.4. The molecule has 0 bridgehead atoms. The average Bonchev–Trinajstić information content (AvgIpc) is 2.26. The summed E-state index contributed by atoms with van der Waals surface area (Å²) in [4.78, 5) is 11.9. The van der Waals surface area contributed by atoms with Crippen molar-refractivity contribution < 1.29 is 13.2 Å². The van der Waals surface area contributed by atoms with Crippen molar-refractivity contribution in [2.24, 2.45) is 5.92 Å². The molecule has 1 aliphatic rings. The van der Waals surface area contributed by atoms with Crippen LogP contribution < -0.4 is 15.4 Å². The highest BCUT2D eigenvalue weighted by atomic mass is 32.2. The van der Waals surface area contributed by atoms with Gasteiger partial charge < -0.3 is 10.6 Å². The Morgan fingerprint density at radius 3 is 2.68 bits per heavy atom. The van der Waals surface area contributed by atoms with Crippen LogP contribution in [0.4, 0.5) is 0 Å². The monoisotopic (exact) mass is 291 g/mol. The lowest BCUT2D eigenvalue weighted by Crippen LogP contribution is -2.44. The number of carbonyl (C=O) groups is 1. The molecule has 0 radical (unpaired) electrons. The van der Waals surface area contributed by atoms with E-state index < -0.39 is 10.0 Å². The number of piperidine rings is 1. The van der Waals surface area contributed by atoms with Crippen molar-refractivity contribution in [3.63, 3.8) is 0 Å². The number of hydrogen-bond acceptors (Lipinski definition) is 4. The standard InChI is InChI=1S/C12H25N3O3S/c1-9(2)15-19(17,18)7-6-14-12(16)11-4-5-13-10(3)8-11/h9-11,13,15H,4-8H2,1-3H3,(H,14,16)/t10-,11-/m0/s1. The molecule has 19 heavy (non-hydrogen) atoms. The van der Waals surface area contributed by atoms with Crippen LogP contribution in [0.2, 0.25) is 0 Å². The summed E-state index contributed by atoms with van der Waals surface area (Å²) in [7, 11) is -3.30. The van der Waals surface area contributed by atoms with Gasteiger partial charge in [-0.3, -0.25) is 4.79 Å². The number of rotatable bonds is 6. The van der Waals surface area contributed by atoms with E-state index in [0.717, 1.165) is 19.4 Å². The maximum atomic E-state index is 11.9. The van der Waals surface area contributed by atoms with Gasteiger partial charge in [-0.2, -0.15) is 0 Å². The molecule has 0 unspecified atom stereocenters. The first-order valence-electron chi connectivity index (χ1n) is 6.81. The third-order valence-corrected chi connectivity index (χ3v) is 4.65. The van der Waals surface area contributed by atoms with Crippen LogP contribution in [0.25, 0.3) is 0 Å². The molecular weight excluding hydrogens is 266 g/mol. The van der Waals surface area contributed by atoms with Gasteiger partial charge in [0, 0.05) is 24.5 Å². The van der Waals surface area contributed by atoms with Gasteiger partial charge in [0.05, 0.1) is 5.75 Å². The number of carbonyl (C=O) groups excluding carboxylic acids is 1. The van der Waals surface area contributed by atoms with E-state index in [-0.39, 0.29) is 30.2 Å². The number of sulfonamides is 1. The zero-order valence-corrected chi connectivity index (χ0v) is 12.7. The highest BCUT2D eigenvalue weighted by Gasteiger charge is 2.24. The van der Waals surface area contributed by atoms with Gasteiger partial charge in [0.15, 0.2) is 0 Å². The van der Waals surface area contributed by atoms with E-state index in [1.165, 1.54) is 0 Å². The molecule has 1 aliphatic heterocycles. The lowest BCUT2D eigenvalue weighted by atomic mass is 9.92. The third-order valence-electron chi connectivity index (χ3n) is 3.08. The average molecular weight is 291 g/mol. The highest BCUT2D eigenvalue weighted by molar-refractivity contribution is 7.89. The molecule has 112 valence electrons. The second-order valence-electron chi connectivity index (χ2n) is 5.46. The van der Waals surface area contributed by atoms with Gasteiger partial charge in [-0.25, -0.2) is 13.1 Å². The van der Waals surface area contributed by atoms with Gasteiger partial charge in [0.2, 0.25) is 15.9 Å². The Kier molecular flexibility index (Phi) is 6.22. The first-order valence-corrected chi connectivity index (χ1v) is 8.46. The van der Waals surface area contributed by atoms with Gasteiger partial charge in [-0.1, -0.05) is 0 Å². The van der Waals surface area contributed by atoms with E-state index in [9.17, 15) is 13.2 Å². The SMILES string of the molecule is CC(C)NS(=O)(=O)CCNC(=O)[C@H]1CCN[C@@H](C)C1. The van der Waals surface area contributed by atoms with Crippen LogP contribution >= 0.6 is 0 Å². The Hall–Kier alpha value is -0.660. The lowest BCUT2D eigenvalue weighted by Gasteiger charge is -2.27. The highest BCUT2D eigenvalue weighted by Crippen LogP contribution is 2.15. The number of nitrogens with one attached hydrogen (secondary N) is 3. The smallest absolute Gasteiger partial charge is 0.223 e. The lowest BCUT2D eigenvalue weighted by molar-refractivity contribution is -0.125. The predicted octanol–water partition coefficient (Wildman–Crippen LogP) is -0.181. The molecule has 6 nitrogen and oxygen atoms in total. The van der Waals surface area contributed by atoms with Crippen LogP contribution in [-0.4, -0.2) is 45.3 Å². The Morgan fingerprint density at radius 2 is 2.11 bits per heavy atom. The Balaban J connectivity index is 2.30. The summed E-state index contributed by atoms with van der Waals surface area (Å²) < 4.78 is 25.6. The minimum Gasteiger partial charge on any atom is -0.355 e. The molecule has 7 heteroatoms. The molecule has 1 amide bonds. The zero-order chi connectivity index (χ0) is 14.5. The van der Waals surface area contributed by atoms with E-state index in [0.29, 0.717) is 6.04 Å². The summed E-state index contributed by atoms with van der Waals surface area (Å²) in [5, 5.41) is 6.00. The van der Waals surface area contributed by atoms with Crippen molar-refractivity contribution >= 4 is 15.9 Å². The molecule has 3 N–H and O–H groups in total. The molecule has 0 aliphatic carbocycles. The molecule has 0 saturated carbocycles. The summed E-state index contributed by atoms with van der Waals surface area (Å²) in [6.07, 6.45) is 1.62. The Labute approximate surface area is 115 Å². The van der Waals surface area contributed by atoms with E-state index >= 15 is 0 Å². The van der Waals surface area contributed by atoms with Gasteiger partial charge >= 0.3 is 0 Å². The molecule has 0 spiro atoms. The molecule has 1 rings (SSSR count). The second-order valence-corrected chi connectivity index (χ2v) is 7.33. The zero-order valence-electron chi connectivity index (χ0n) is 11.9.